The molecule has 1 unspecified atom stereocenters. The quantitative estimate of drug-likeness (QED) is 0.351. The van der Waals surface area contributed by atoms with Crippen LogP contribution in [0.2, 0.25) is 0 Å². The van der Waals surface area contributed by atoms with Gasteiger partial charge in [0.2, 0.25) is 0 Å². The molecule has 0 amide bonds. The molecule has 0 spiro atoms. The van der Waals surface area contributed by atoms with E-state index in [1.54, 1.807) is 19.1 Å². The summed E-state index contributed by atoms with van der Waals surface area (Å²) in [6, 6.07) is 4.80. The van der Waals surface area contributed by atoms with Crippen LogP contribution in [0, 0.1) is 13.7 Å². The molecule has 0 aromatic heterocycles. The molecule has 1 aromatic rings. The molecule has 1 rings (SSSR count). The summed E-state index contributed by atoms with van der Waals surface area (Å²) in [5, 5.41) is 10.8. The fourth-order valence-corrected chi connectivity index (χ4v) is 1.94. The van der Waals surface area contributed by atoms with Gasteiger partial charge in [-0.3, -0.25) is 10.1 Å². The first-order valence-corrected chi connectivity index (χ1v) is 6.13. The summed E-state index contributed by atoms with van der Waals surface area (Å²) in [5.74, 6) is -0.284. The van der Waals surface area contributed by atoms with Gasteiger partial charge >= 0.3 is 5.43 Å². The number of hydrogen-bond donors (Lipinski definition) is 0. The van der Waals surface area contributed by atoms with Crippen molar-refractivity contribution >= 4 is 45.3 Å². The van der Waals surface area contributed by atoms with Crippen LogP contribution < -0.4 is 0 Å². The molecule has 0 bridgehead atoms. The molecule has 92 valence electrons. The van der Waals surface area contributed by atoms with E-state index in [1.165, 1.54) is 6.07 Å². The van der Waals surface area contributed by atoms with Gasteiger partial charge < -0.3 is 4.74 Å². The maximum absolute atomic E-state index is 10.8. The first-order chi connectivity index (χ1) is 7.91. The zero-order chi connectivity index (χ0) is 13.0. The fraction of sp³-hybridized carbons (Fsp3) is 0.300. The average molecular weight is 370 g/mol. The van der Waals surface area contributed by atoms with Crippen molar-refractivity contribution in [2.45, 2.75) is 12.8 Å². The predicted octanol–water partition coefficient (Wildman–Crippen LogP) is 3.68. The molecule has 7 heteroatoms. The highest BCUT2D eigenvalue weighted by molar-refractivity contribution is 14.1. The van der Waals surface area contributed by atoms with Gasteiger partial charge in [0.25, 0.3) is 5.69 Å². The summed E-state index contributed by atoms with van der Waals surface area (Å²) in [5.41, 5.74) is -0.367. The molecule has 0 radical (unpaired) electrons. The first kappa shape index (κ1) is 14.2. The summed E-state index contributed by atoms with van der Waals surface area (Å²) >= 11 is 7.11. The zero-order valence-electron chi connectivity index (χ0n) is 8.85. The van der Waals surface area contributed by atoms with Crippen molar-refractivity contribution in [1.82, 2.24) is 0 Å². The van der Waals surface area contributed by atoms with E-state index in [-0.39, 0.29) is 18.2 Å². The molecule has 1 atom stereocenters. The standard InChI is InChI=1S/C10H9ClINO4/c1-6(5-17-10(11)14)8-4-7(12)2-3-9(8)13(15)16/h2-4,6H,5H2,1H3. The Morgan fingerprint density at radius 3 is 2.82 bits per heavy atom. The van der Waals surface area contributed by atoms with E-state index in [2.05, 4.69) is 27.3 Å². The molecule has 0 fully saturated rings. The van der Waals surface area contributed by atoms with Crippen LogP contribution >= 0.6 is 34.2 Å². The summed E-state index contributed by atoms with van der Waals surface area (Å²) in [4.78, 5) is 20.9. The number of nitro benzene ring substituents is 1. The lowest BCUT2D eigenvalue weighted by Gasteiger charge is -2.11. The Labute approximate surface area is 116 Å². The van der Waals surface area contributed by atoms with E-state index in [9.17, 15) is 14.9 Å². The topological polar surface area (TPSA) is 69.4 Å². The molecule has 1 aromatic carbocycles. The highest BCUT2D eigenvalue weighted by Gasteiger charge is 2.20. The van der Waals surface area contributed by atoms with Gasteiger partial charge in [-0.1, -0.05) is 6.92 Å². The summed E-state index contributed by atoms with van der Waals surface area (Å²) in [7, 11) is 0. The number of carbonyl (C=O) groups is 1. The van der Waals surface area contributed by atoms with Gasteiger partial charge in [0.15, 0.2) is 0 Å². The lowest BCUT2D eigenvalue weighted by molar-refractivity contribution is -0.385. The monoisotopic (exact) mass is 369 g/mol. The molecular formula is C10H9ClINO4. The van der Waals surface area contributed by atoms with E-state index in [4.69, 9.17) is 11.6 Å². The van der Waals surface area contributed by atoms with Gasteiger partial charge in [-0.25, -0.2) is 4.79 Å². The molecule has 0 aliphatic heterocycles. The van der Waals surface area contributed by atoms with Crippen LogP contribution in [0.1, 0.15) is 18.4 Å². The normalized spacial score (nSPS) is 11.9. The van der Waals surface area contributed by atoms with Crippen LogP contribution in [0.3, 0.4) is 0 Å². The zero-order valence-corrected chi connectivity index (χ0v) is 11.8. The number of halogens is 2. The van der Waals surface area contributed by atoms with Gasteiger partial charge in [0.05, 0.1) is 11.5 Å². The van der Waals surface area contributed by atoms with Gasteiger partial charge in [0, 0.05) is 32.7 Å². The third-order valence-corrected chi connectivity index (χ3v) is 2.94. The van der Waals surface area contributed by atoms with Crippen molar-refractivity contribution in [3.8, 4) is 0 Å². The maximum atomic E-state index is 10.8. The SMILES string of the molecule is CC(COC(=O)Cl)c1cc(I)ccc1[N+](=O)[O-]. The van der Waals surface area contributed by atoms with Gasteiger partial charge in [-0.2, -0.15) is 0 Å². The van der Waals surface area contributed by atoms with Crippen molar-refractivity contribution in [1.29, 1.82) is 0 Å². The Kier molecular flexibility index (Phi) is 5.13. The van der Waals surface area contributed by atoms with Crippen molar-refractivity contribution in [2.24, 2.45) is 0 Å². The second-order valence-electron chi connectivity index (χ2n) is 3.41. The van der Waals surface area contributed by atoms with E-state index in [0.717, 1.165) is 3.57 Å². The third kappa shape index (κ3) is 4.12. The summed E-state index contributed by atoms with van der Waals surface area (Å²) in [6.45, 7) is 1.75. The minimum atomic E-state index is -0.912. The molecule has 5 nitrogen and oxygen atoms in total. The highest BCUT2D eigenvalue weighted by Crippen LogP contribution is 2.28. The molecule has 0 saturated heterocycles. The van der Waals surface area contributed by atoms with E-state index in [0.29, 0.717) is 5.56 Å². The van der Waals surface area contributed by atoms with Crippen LogP contribution in [-0.4, -0.2) is 17.0 Å². The third-order valence-electron chi connectivity index (χ3n) is 2.16. The van der Waals surface area contributed by atoms with Crippen molar-refractivity contribution in [2.75, 3.05) is 6.61 Å². The minimum Gasteiger partial charge on any atom is -0.453 e. The fourth-order valence-electron chi connectivity index (χ4n) is 1.37. The molecular weight excluding hydrogens is 360 g/mol. The van der Waals surface area contributed by atoms with Crippen LogP contribution in [0.4, 0.5) is 10.5 Å². The van der Waals surface area contributed by atoms with Crippen LogP contribution in [0.15, 0.2) is 18.2 Å². The smallest absolute Gasteiger partial charge is 0.403 e. The number of carbonyl (C=O) groups excluding carboxylic acids is 1. The Morgan fingerprint density at radius 2 is 2.29 bits per heavy atom. The second-order valence-corrected chi connectivity index (χ2v) is 4.96. The number of benzene rings is 1. The molecule has 17 heavy (non-hydrogen) atoms. The van der Waals surface area contributed by atoms with E-state index < -0.39 is 10.4 Å². The lowest BCUT2D eigenvalue weighted by atomic mass is 10.0. The Morgan fingerprint density at radius 1 is 1.65 bits per heavy atom. The maximum Gasteiger partial charge on any atom is 0.403 e. The number of rotatable bonds is 4. The van der Waals surface area contributed by atoms with Crippen molar-refractivity contribution in [3.05, 3.63) is 37.4 Å². The number of ether oxygens (including phenoxy) is 1. The predicted molar refractivity (Wildman–Crippen MR) is 71.4 cm³/mol. The van der Waals surface area contributed by atoms with Crippen LogP contribution in [0.5, 0.6) is 0 Å². The van der Waals surface area contributed by atoms with Crippen LogP contribution in [0.25, 0.3) is 0 Å². The summed E-state index contributed by atoms with van der Waals surface area (Å²) < 4.78 is 5.52. The van der Waals surface area contributed by atoms with Crippen molar-refractivity contribution in [3.63, 3.8) is 0 Å². The number of nitro groups is 1. The molecule has 0 N–H and O–H groups in total. The Balaban J connectivity index is 2.97. The highest BCUT2D eigenvalue weighted by atomic mass is 127. The van der Waals surface area contributed by atoms with E-state index in [1.807, 2.05) is 0 Å². The second kappa shape index (κ2) is 6.15. The number of nitrogens with zero attached hydrogens (tertiary/aromatic N) is 1. The summed E-state index contributed by atoms with van der Waals surface area (Å²) in [6.07, 6.45) is 0. The average Bonchev–Trinajstić information content (AvgIpc) is 2.25. The van der Waals surface area contributed by atoms with Gasteiger partial charge in [-0.05, 0) is 34.7 Å². The molecule has 0 heterocycles. The molecule has 0 aliphatic carbocycles. The van der Waals surface area contributed by atoms with E-state index >= 15 is 0 Å². The lowest BCUT2D eigenvalue weighted by Crippen LogP contribution is -2.08. The Bertz CT molecular complexity index is 452. The van der Waals surface area contributed by atoms with Crippen molar-refractivity contribution < 1.29 is 14.5 Å². The van der Waals surface area contributed by atoms with Crippen LogP contribution in [-0.2, 0) is 4.74 Å². The number of hydrogen-bond acceptors (Lipinski definition) is 4. The largest absolute Gasteiger partial charge is 0.453 e. The minimum absolute atomic E-state index is 0.0171. The molecule has 0 saturated carbocycles. The Hall–Kier alpha value is -0.890. The molecule has 0 aliphatic rings. The van der Waals surface area contributed by atoms with Gasteiger partial charge in [-0.15, -0.1) is 0 Å². The van der Waals surface area contributed by atoms with Gasteiger partial charge in [0.1, 0.15) is 0 Å². The first-order valence-electron chi connectivity index (χ1n) is 4.68.